The van der Waals surface area contributed by atoms with Crippen molar-refractivity contribution in [3.05, 3.63) is 5.82 Å². The van der Waals surface area contributed by atoms with E-state index >= 15 is 0 Å². The second-order valence-electron chi connectivity index (χ2n) is 3.61. The summed E-state index contributed by atoms with van der Waals surface area (Å²) in [6, 6.07) is 0. The smallest absolute Gasteiger partial charge is 0.295 e. The van der Waals surface area contributed by atoms with Gasteiger partial charge in [0, 0.05) is 13.0 Å². The Bertz CT molecular complexity index is 460. The Morgan fingerprint density at radius 3 is 2.81 bits per heavy atom. The van der Waals surface area contributed by atoms with Crippen molar-refractivity contribution >= 4 is 5.95 Å². The van der Waals surface area contributed by atoms with Gasteiger partial charge in [-0.15, -0.1) is 5.10 Å². The summed E-state index contributed by atoms with van der Waals surface area (Å²) in [5.41, 5.74) is 5.37. The molecule has 0 unspecified atom stereocenters. The minimum absolute atomic E-state index is 0.156. The van der Waals surface area contributed by atoms with Crippen molar-refractivity contribution in [3.63, 3.8) is 0 Å². The number of anilines is 1. The average molecular weight is 223 g/mol. The molecule has 0 saturated heterocycles. The van der Waals surface area contributed by atoms with E-state index in [9.17, 15) is 0 Å². The van der Waals surface area contributed by atoms with Crippen LogP contribution in [-0.4, -0.2) is 50.9 Å². The second kappa shape index (κ2) is 4.27. The van der Waals surface area contributed by atoms with Gasteiger partial charge >= 0.3 is 0 Å². The SMILES string of the molecule is CN(C)CCc1noc(-c2nc(N)n[nH]2)n1. The maximum absolute atomic E-state index is 5.37. The third-order valence-electron chi connectivity index (χ3n) is 1.96. The Balaban J connectivity index is 2.07. The van der Waals surface area contributed by atoms with Crippen LogP contribution in [0.3, 0.4) is 0 Å². The molecule has 8 heteroatoms. The third kappa shape index (κ3) is 2.34. The predicted octanol–water partition coefficient (Wildman–Crippen LogP) is -0.459. The van der Waals surface area contributed by atoms with Crippen molar-refractivity contribution in [2.75, 3.05) is 26.4 Å². The monoisotopic (exact) mass is 223 g/mol. The first kappa shape index (κ1) is 10.6. The standard InChI is InChI=1S/C8H13N7O/c1-15(2)4-3-5-10-7(16-14-5)6-11-8(9)13-12-6/h3-4H2,1-2H3,(H3,9,11,12,13). The number of nitrogens with zero attached hydrogens (tertiary/aromatic N) is 5. The number of rotatable bonds is 4. The van der Waals surface area contributed by atoms with Gasteiger partial charge in [-0.1, -0.05) is 5.16 Å². The van der Waals surface area contributed by atoms with Crippen molar-refractivity contribution in [2.45, 2.75) is 6.42 Å². The molecule has 0 spiro atoms. The number of nitrogen functional groups attached to an aromatic ring is 1. The predicted molar refractivity (Wildman–Crippen MR) is 56.3 cm³/mol. The summed E-state index contributed by atoms with van der Waals surface area (Å²) in [6.45, 7) is 0.859. The Hall–Kier alpha value is -1.96. The Morgan fingerprint density at radius 2 is 2.19 bits per heavy atom. The molecule has 2 aromatic rings. The molecular formula is C8H13N7O. The van der Waals surface area contributed by atoms with E-state index in [0.717, 1.165) is 13.0 Å². The Labute approximate surface area is 91.8 Å². The van der Waals surface area contributed by atoms with Crippen molar-refractivity contribution in [1.82, 2.24) is 30.2 Å². The molecule has 3 N–H and O–H groups in total. The van der Waals surface area contributed by atoms with Crippen LogP contribution in [0, 0.1) is 0 Å². The number of nitrogens with one attached hydrogen (secondary N) is 1. The fraction of sp³-hybridized carbons (Fsp3) is 0.500. The first-order valence-electron chi connectivity index (χ1n) is 4.80. The minimum Gasteiger partial charge on any atom is -0.366 e. The van der Waals surface area contributed by atoms with E-state index < -0.39 is 0 Å². The maximum Gasteiger partial charge on any atom is 0.295 e. The molecule has 0 atom stereocenters. The van der Waals surface area contributed by atoms with Gasteiger partial charge in [-0.3, -0.25) is 5.10 Å². The van der Waals surface area contributed by atoms with Crippen LogP contribution in [0.1, 0.15) is 5.82 Å². The lowest BCUT2D eigenvalue weighted by atomic mass is 10.4. The molecule has 2 heterocycles. The van der Waals surface area contributed by atoms with Crippen molar-refractivity contribution < 1.29 is 4.52 Å². The second-order valence-corrected chi connectivity index (χ2v) is 3.61. The van der Waals surface area contributed by atoms with Crippen LogP contribution in [0.2, 0.25) is 0 Å². The number of likely N-dealkylation sites (N-methyl/N-ethyl adjacent to an activating group) is 1. The summed E-state index contributed by atoms with van der Waals surface area (Å²) in [6.07, 6.45) is 0.722. The van der Waals surface area contributed by atoms with Gasteiger partial charge in [0.2, 0.25) is 11.8 Å². The normalized spacial score (nSPS) is 11.2. The molecule has 0 saturated carbocycles. The van der Waals surface area contributed by atoms with Crippen LogP contribution in [0.25, 0.3) is 11.7 Å². The first-order chi connectivity index (χ1) is 7.65. The van der Waals surface area contributed by atoms with Gasteiger partial charge in [-0.05, 0) is 14.1 Å². The van der Waals surface area contributed by atoms with E-state index in [1.165, 1.54) is 0 Å². The van der Waals surface area contributed by atoms with Gasteiger partial charge in [0.1, 0.15) is 0 Å². The molecule has 0 amide bonds. The molecule has 0 aliphatic heterocycles. The van der Waals surface area contributed by atoms with Gasteiger partial charge in [0.25, 0.3) is 5.89 Å². The van der Waals surface area contributed by atoms with Crippen LogP contribution in [0.4, 0.5) is 5.95 Å². The van der Waals surface area contributed by atoms with Crippen molar-refractivity contribution in [3.8, 4) is 11.7 Å². The summed E-state index contributed by atoms with van der Waals surface area (Å²) < 4.78 is 5.03. The van der Waals surface area contributed by atoms with Crippen molar-refractivity contribution in [1.29, 1.82) is 0 Å². The number of nitrogens with two attached hydrogens (primary N) is 1. The number of hydrogen-bond acceptors (Lipinski definition) is 7. The molecule has 0 aliphatic rings. The van der Waals surface area contributed by atoms with Crippen LogP contribution in [0.15, 0.2) is 4.52 Å². The zero-order chi connectivity index (χ0) is 11.5. The van der Waals surface area contributed by atoms with Crippen LogP contribution in [0.5, 0.6) is 0 Å². The van der Waals surface area contributed by atoms with Gasteiger partial charge in [-0.2, -0.15) is 9.97 Å². The van der Waals surface area contributed by atoms with E-state index in [4.69, 9.17) is 10.3 Å². The fourth-order valence-electron chi connectivity index (χ4n) is 1.15. The highest BCUT2D eigenvalue weighted by Crippen LogP contribution is 2.12. The minimum atomic E-state index is 0.156. The van der Waals surface area contributed by atoms with Crippen LogP contribution in [-0.2, 0) is 6.42 Å². The van der Waals surface area contributed by atoms with Gasteiger partial charge in [0.05, 0.1) is 0 Å². The third-order valence-corrected chi connectivity index (χ3v) is 1.96. The lowest BCUT2D eigenvalue weighted by Gasteiger charge is -2.05. The molecule has 2 aromatic heterocycles. The molecule has 0 aliphatic carbocycles. The van der Waals surface area contributed by atoms with E-state index in [-0.39, 0.29) is 5.95 Å². The summed E-state index contributed by atoms with van der Waals surface area (Å²) in [5.74, 6) is 1.49. The maximum atomic E-state index is 5.37. The largest absolute Gasteiger partial charge is 0.366 e. The summed E-state index contributed by atoms with van der Waals surface area (Å²) >= 11 is 0. The molecule has 86 valence electrons. The Morgan fingerprint density at radius 1 is 1.38 bits per heavy atom. The topological polar surface area (TPSA) is 110 Å². The average Bonchev–Trinajstić information content (AvgIpc) is 2.83. The van der Waals surface area contributed by atoms with Gasteiger partial charge in [0.15, 0.2) is 5.82 Å². The van der Waals surface area contributed by atoms with Crippen LogP contribution >= 0.6 is 0 Å². The molecule has 16 heavy (non-hydrogen) atoms. The van der Waals surface area contributed by atoms with Crippen molar-refractivity contribution in [2.24, 2.45) is 0 Å². The quantitative estimate of drug-likeness (QED) is 0.721. The van der Waals surface area contributed by atoms with E-state index in [1.54, 1.807) is 0 Å². The van der Waals surface area contributed by atoms with Gasteiger partial charge in [-0.25, -0.2) is 0 Å². The highest BCUT2D eigenvalue weighted by atomic mass is 16.5. The number of aromatic amines is 1. The van der Waals surface area contributed by atoms with Crippen LogP contribution < -0.4 is 5.73 Å². The fourth-order valence-corrected chi connectivity index (χ4v) is 1.15. The Kier molecular flexibility index (Phi) is 2.82. The van der Waals surface area contributed by atoms with E-state index in [1.807, 2.05) is 19.0 Å². The lowest BCUT2D eigenvalue weighted by Crippen LogP contribution is -2.15. The molecule has 0 aromatic carbocycles. The number of hydrogen-bond donors (Lipinski definition) is 2. The lowest BCUT2D eigenvalue weighted by molar-refractivity contribution is 0.392. The summed E-state index contributed by atoms with van der Waals surface area (Å²) in [5, 5.41) is 10.1. The number of aromatic nitrogens is 5. The zero-order valence-corrected chi connectivity index (χ0v) is 9.14. The summed E-state index contributed by atoms with van der Waals surface area (Å²) in [4.78, 5) is 10.1. The summed E-state index contributed by atoms with van der Waals surface area (Å²) in [7, 11) is 3.97. The number of H-pyrrole nitrogens is 1. The molecule has 0 fully saturated rings. The van der Waals surface area contributed by atoms with Gasteiger partial charge < -0.3 is 15.2 Å². The molecule has 2 rings (SSSR count). The molecular weight excluding hydrogens is 210 g/mol. The highest BCUT2D eigenvalue weighted by molar-refractivity contribution is 5.41. The molecule has 0 bridgehead atoms. The first-order valence-corrected chi connectivity index (χ1v) is 4.80. The highest BCUT2D eigenvalue weighted by Gasteiger charge is 2.12. The zero-order valence-electron chi connectivity index (χ0n) is 9.14. The van der Waals surface area contributed by atoms with E-state index in [0.29, 0.717) is 17.5 Å². The molecule has 0 radical (unpaired) electrons. The van der Waals surface area contributed by atoms with E-state index in [2.05, 4.69) is 25.3 Å². The molecule has 8 nitrogen and oxygen atoms in total.